The van der Waals surface area contributed by atoms with Gasteiger partial charge < -0.3 is 17.4 Å². The molecule has 0 aliphatic rings. The predicted octanol–water partition coefficient (Wildman–Crippen LogP) is -1.41. The van der Waals surface area contributed by atoms with Gasteiger partial charge in [0.25, 0.3) is 0 Å². The van der Waals surface area contributed by atoms with E-state index in [2.05, 4.69) is 9.97 Å². The minimum atomic E-state index is -5.03. The summed E-state index contributed by atoms with van der Waals surface area (Å²) in [6, 6.07) is 0.919. The summed E-state index contributed by atoms with van der Waals surface area (Å²) in [5.74, 6) is 0.305. The maximum atomic E-state index is 12.3. The molecule has 0 radical (unpaired) electrons. The minimum Gasteiger partial charge on any atom is -0.445 e. The molecule has 3 nitrogen and oxygen atoms in total. The van der Waals surface area contributed by atoms with E-state index in [1.165, 1.54) is 0 Å². The molecule has 0 aliphatic heterocycles. The van der Waals surface area contributed by atoms with Gasteiger partial charge >= 0.3 is 58.4 Å². The Hall–Kier alpha value is 0.111. The third-order valence-electron chi connectivity index (χ3n) is 1.75. The molecule has 0 N–H and O–H groups in total. The quantitative estimate of drug-likeness (QED) is 0.575. The molecule has 0 spiro atoms. The molecule has 0 fully saturated rings. The van der Waals surface area contributed by atoms with Gasteiger partial charge in [0.2, 0.25) is 0 Å². The number of aryl methyl sites for hydroxylation is 1. The Balaban J connectivity index is 0.00000112. The van der Waals surface area contributed by atoms with E-state index in [-0.39, 0.29) is 62.6 Å². The smallest absolute Gasteiger partial charge is 0.445 e. The average molecular weight is 240 g/mol. The molecule has 0 atom stereocenters. The average Bonchev–Trinajstić information content (AvgIpc) is 2.41. The van der Waals surface area contributed by atoms with Crippen LogP contribution in [0.3, 0.4) is 0 Å². The van der Waals surface area contributed by atoms with Crippen LogP contribution in [0.25, 0.3) is 11.2 Å². The first-order valence-electron chi connectivity index (χ1n) is 3.90. The standard InChI is InChI=1S/C7H5BF3N2O.K/c1-4-13-7-6(14-4)2-5(3-12-7)8(9,10)11;/h2-3H,1H3;/q-1;+1. The van der Waals surface area contributed by atoms with Gasteiger partial charge in [-0.2, -0.15) is 4.98 Å². The van der Waals surface area contributed by atoms with Crippen LogP contribution in [-0.4, -0.2) is 16.9 Å². The second-order valence-electron chi connectivity index (χ2n) is 2.90. The van der Waals surface area contributed by atoms with E-state index in [0.29, 0.717) is 5.89 Å². The molecule has 2 heterocycles. The third kappa shape index (κ3) is 2.82. The molecule has 0 unspecified atom stereocenters. The number of halogens is 3. The number of oxazole rings is 1. The Kier molecular flexibility index (Phi) is 3.99. The zero-order valence-corrected chi connectivity index (χ0v) is 11.3. The van der Waals surface area contributed by atoms with E-state index in [9.17, 15) is 12.9 Å². The van der Waals surface area contributed by atoms with Gasteiger partial charge in [0.15, 0.2) is 17.1 Å². The molecule has 2 rings (SSSR count). The molecule has 0 saturated heterocycles. The summed E-state index contributed by atoms with van der Waals surface area (Å²) in [6.07, 6.45) is 0.768. The summed E-state index contributed by atoms with van der Waals surface area (Å²) in [4.78, 5) is 7.36. The summed E-state index contributed by atoms with van der Waals surface area (Å²) in [7, 11) is 0. The Bertz CT molecular complexity index is 485. The summed E-state index contributed by atoms with van der Waals surface area (Å²) in [6.45, 7) is -3.47. The van der Waals surface area contributed by atoms with Crippen molar-refractivity contribution < 1.29 is 68.7 Å². The Morgan fingerprint density at radius 3 is 2.60 bits per heavy atom. The molecule has 2 aromatic rings. The summed E-state index contributed by atoms with van der Waals surface area (Å²) in [5, 5.41) is 0. The summed E-state index contributed by atoms with van der Waals surface area (Å²) < 4.78 is 41.8. The maximum Gasteiger partial charge on any atom is 1.00 e. The fourth-order valence-corrected chi connectivity index (χ4v) is 1.12. The topological polar surface area (TPSA) is 38.9 Å². The Morgan fingerprint density at radius 2 is 2.00 bits per heavy atom. The number of hydrogen-bond donors (Lipinski definition) is 0. The molecule has 0 bridgehead atoms. The minimum absolute atomic E-state index is 0. The maximum absolute atomic E-state index is 12.3. The van der Waals surface area contributed by atoms with Crippen molar-refractivity contribution in [1.82, 2.24) is 9.97 Å². The van der Waals surface area contributed by atoms with Crippen molar-refractivity contribution in [1.29, 1.82) is 0 Å². The molecule has 2 aromatic heterocycles. The van der Waals surface area contributed by atoms with Crippen LogP contribution in [0, 0.1) is 6.92 Å². The van der Waals surface area contributed by atoms with Crippen LogP contribution in [0.4, 0.5) is 12.9 Å². The van der Waals surface area contributed by atoms with Crippen LogP contribution in [0.5, 0.6) is 0 Å². The van der Waals surface area contributed by atoms with Gasteiger partial charge in [-0.15, -0.1) is 0 Å². The van der Waals surface area contributed by atoms with E-state index in [4.69, 9.17) is 4.42 Å². The van der Waals surface area contributed by atoms with Crippen LogP contribution in [-0.2, 0) is 0 Å². The normalized spacial score (nSPS) is 11.5. The fourth-order valence-electron chi connectivity index (χ4n) is 1.12. The van der Waals surface area contributed by atoms with Gasteiger partial charge in [-0.25, -0.2) is 4.98 Å². The van der Waals surface area contributed by atoms with E-state index < -0.39 is 12.4 Å². The van der Waals surface area contributed by atoms with Gasteiger partial charge in [-0.05, 0) is 6.07 Å². The van der Waals surface area contributed by atoms with Crippen LogP contribution < -0.4 is 56.8 Å². The van der Waals surface area contributed by atoms with Gasteiger partial charge in [-0.3, -0.25) is 0 Å². The van der Waals surface area contributed by atoms with Gasteiger partial charge in [-0.1, -0.05) is 5.46 Å². The molecule has 0 aliphatic carbocycles. The first kappa shape index (κ1) is 13.2. The molecule has 8 heteroatoms. The molecule has 0 aromatic carbocycles. The van der Waals surface area contributed by atoms with Crippen molar-refractivity contribution in [2.75, 3.05) is 0 Å². The van der Waals surface area contributed by atoms with Crippen LogP contribution in [0.1, 0.15) is 5.89 Å². The first-order chi connectivity index (χ1) is 6.47. The van der Waals surface area contributed by atoms with E-state index in [1.54, 1.807) is 6.92 Å². The zero-order valence-electron chi connectivity index (χ0n) is 8.17. The molecular weight excluding hydrogens is 235 g/mol. The molecule has 0 amide bonds. The van der Waals surface area contributed by atoms with E-state index in [0.717, 1.165) is 12.3 Å². The number of aromatic nitrogens is 2. The summed E-state index contributed by atoms with van der Waals surface area (Å²) >= 11 is 0. The predicted molar refractivity (Wildman–Crippen MR) is 45.3 cm³/mol. The van der Waals surface area contributed by atoms with E-state index >= 15 is 0 Å². The fraction of sp³-hybridized carbons (Fsp3) is 0.143. The van der Waals surface area contributed by atoms with Gasteiger partial charge in [0.05, 0.1) is 0 Å². The third-order valence-corrected chi connectivity index (χ3v) is 1.75. The van der Waals surface area contributed by atoms with Crippen molar-refractivity contribution in [3.8, 4) is 0 Å². The largest absolute Gasteiger partial charge is 1.00 e. The van der Waals surface area contributed by atoms with Crippen molar-refractivity contribution in [3.63, 3.8) is 0 Å². The number of nitrogens with zero attached hydrogens (tertiary/aromatic N) is 2. The van der Waals surface area contributed by atoms with Crippen molar-refractivity contribution in [2.45, 2.75) is 6.92 Å². The van der Waals surface area contributed by atoms with Gasteiger partial charge in [0.1, 0.15) is 0 Å². The Labute approximate surface area is 126 Å². The summed E-state index contributed by atoms with van der Waals surface area (Å²) in [5.41, 5.74) is -0.501. The van der Waals surface area contributed by atoms with Crippen molar-refractivity contribution in [2.24, 2.45) is 0 Å². The first-order valence-corrected chi connectivity index (χ1v) is 3.90. The van der Waals surface area contributed by atoms with E-state index in [1.807, 2.05) is 0 Å². The molecule has 15 heavy (non-hydrogen) atoms. The second-order valence-corrected chi connectivity index (χ2v) is 2.90. The van der Waals surface area contributed by atoms with Crippen LogP contribution >= 0.6 is 0 Å². The Morgan fingerprint density at radius 1 is 1.33 bits per heavy atom. The number of pyridine rings is 1. The van der Waals surface area contributed by atoms with Crippen molar-refractivity contribution in [3.05, 3.63) is 18.2 Å². The van der Waals surface area contributed by atoms with Crippen LogP contribution in [0.15, 0.2) is 16.7 Å². The number of hydrogen-bond acceptors (Lipinski definition) is 3. The number of fused-ring (bicyclic) bond motifs is 1. The molecule has 0 saturated carbocycles. The monoisotopic (exact) mass is 240 g/mol. The van der Waals surface area contributed by atoms with Crippen molar-refractivity contribution >= 4 is 23.7 Å². The zero-order chi connectivity index (χ0) is 10.3. The number of rotatable bonds is 1. The van der Waals surface area contributed by atoms with Gasteiger partial charge in [0, 0.05) is 13.1 Å². The second kappa shape index (κ2) is 4.54. The SMILES string of the molecule is Cc1nc2ncc([B-](F)(F)F)cc2o1.[K+]. The van der Waals surface area contributed by atoms with Crippen LogP contribution in [0.2, 0.25) is 0 Å². The molecular formula is C7H5BF3KN2O. The molecule has 74 valence electrons.